The standard InChI is InChI=1S/C8H19OSi/c1-6-7-8(2,3)10(4,5)9/h6-7H2,1-5H3. The van der Waals surface area contributed by atoms with Gasteiger partial charge in [0.25, 0.3) is 0 Å². The van der Waals surface area contributed by atoms with Gasteiger partial charge in [-0.2, -0.15) is 0 Å². The van der Waals surface area contributed by atoms with Gasteiger partial charge in [0.2, 0.25) is 8.32 Å². The van der Waals surface area contributed by atoms with Crippen molar-refractivity contribution in [3.05, 3.63) is 0 Å². The summed E-state index contributed by atoms with van der Waals surface area (Å²) in [5, 5.41) is 0.0712. The van der Waals surface area contributed by atoms with Crippen molar-refractivity contribution in [3.8, 4) is 0 Å². The lowest BCUT2D eigenvalue weighted by molar-refractivity contribution is 0.370. The van der Waals surface area contributed by atoms with E-state index in [9.17, 15) is 4.80 Å². The molecule has 0 aliphatic heterocycles. The lowest BCUT2D eigenvalue weighted by Crippen LogP contribution is -2.37. The molecule has 0 rings (SSSR count). The van der Waals surface area contributed by atoms with Crippen LogP contribution in [0.25, 0.3) is 0 Å². The van der Waals surface area contributed by atoms with Gasteiger partial charge >= 0.3 is 0 Å². The van der Waals surface area contributed by atoms with Crippen molar-refractivity contribution in [3.63, 3.8) is 0 Å². The zero-order valence-corrected chi connectivity index (χ0v) is 8.82. The quantitative estimate of drug-likeness (QED) is 0.564. The fourth-order valence-corrected chi connectivity index (χ4v) is 1.78. The molecule has 0 saturated heterocycles. The first-order valence-corrected chi connectivity index (χ1v) is 6.92. The first kappa shape index (κ1) is 10.2. The zero-order valence-electron chi connectivity index (χ0n) is 7.82. The van der Waals surface area contributed by atoms with Crippen LogP contribution in [0.1, 0.15) is 33.6 Å². The second-order valence-electron chi connectivity index (χ2n) is 4.14. The summed E-state index contributed by atoms with van der Waals surface area (Å²) in [4.78, 5) is 11.7. The summed E-state index contributed by atoms with van der Waals surface area (Å²) in [5.74, 6) is 0. The highest BCUT2D eigenvalue weighted by Gasteiger charge is 2.38. The fourth-order valence-electron chi connectivity index (χ4n) is 0.926. The molecular weight excluding hydrogens is 140 g/mol. The van der Waals surface area contributed by atoms with E-state index in [2.05, 4.69) is 20.8 Å². The highest BCUT2D eigenvalue weighted by molar-refractivity contribution is 6.72. The monoisotopic (exact) mass is 159 g/mol. The molecular formula is C8H19OSi. The summed E-state index contributed by atoms with van der Waals surface area (Å²) in [6, 6.07) is 0. The van der Waals surface area contributed by atoms with Gasteiger partial charge in [-0.3, -0.25) is 4.80 Å². The zero-order chi connectivity index (χ0) is 8.41. The molecule has 0 unspecified atom stereocenters. The average Bonchev–Trinajstić information content (AvgIpc) is 1.61. The van der Waals surface area contributed by atoms with Gasteiger partial charge in [0.15, 0.2) is 0 Å². The van der Waals surface area contributed by atoms with E-state index >= 15 is 0 Å². The molecule has 0 aliphatic rings. The second kappa shape index (κ2) is 3.05. The van der Waals surface area contributed by atoms with E-state index in [1.54, 1.807) is 0 Å². The maximum Gasteiger partial charge on any atom is 0.236 e. The molecule has 10 heavy (non-hydrogen) atoms. The number of hydrogen-bond acceptors (Lipinski definition) is 0. The van der Waals surface area contributed by atoms with Crippen LogP contribution < -0.4 is 0 Å². The van der Waals surface area contributed by atoms with E-state index in [-0.39, 0.29) is 5.04 Å². The molecule has 1 radical (unpaired) electrons. The van der Waals surface area contributed by atoms with Crippen LogP contribution in [0.15, 0.2) is 0 Å². The van der Waals surface area contributed by atoms with Crippen molar-refractivity contribution in [1.29, 1.82) is 0 Å². The van der Waals surface area contributed by atoms with Crippen LogP contribution in [0, 0.1) is 0 Å². The molecule has 0 aromatic heterocycles. The van der Waals surface area contributed by atoms with Crippen molar-refractivity contribution < 1.29 is 4.80 Å². The molecule has 0 aliphatic carbocycles. The van der Waals surface area contributed by atoms with Gasteiger partial charge in [-0.1, -0.05) is 27.2 Å². The van der Waals surface area contributed by atoms with Crippen LogP contribution in [0.5, 0.6) is 0 Å². The summed E-state index contributed by atoms with van der Waals surface area (Å²) < 4.78 is 0. The minimum atomic E-state index is -2.16. The normalized spacial score (nSPS) is 13.8. The van der Waals surface area contributed by atoms with Crippen molar-refractivity contribution in [2.24, 2.45) is 0 Å². The third-order valence-electron chi connectivity index (χ3n) is 2.50. The Morgan fingerprint density at radius 2 is 1.70 bits per heavy atom. The van der Waals surface area contributed by atoms with Gasteiger partial charge in [-0.15, -0.1) is 0 Å². The molecule has 0 fully saturated rings. The molecule has 61 valence electrons. The molecule has 0 amide bonds. The van der Waals surface area contributed by atoms with E-state index in [0.29, 0.717) is 0 Å². The fraction of sp³-hybridized carbons (Fsp3) is 1.00. The van der Waals surface area contributed by atoms with Crippen LogP contribution in [-0.4, -0.2) is 8.32 Å². The van der Waals surface area contributed by atoms with Crippen LogP contribution in [-0.2, 0) is 4.80 Å². The van der Waals surface area contributed by atoms with Crippen molar-refractivity contribution in [2.45, 2.75) is 51.7 Å². The highest BCUT2D eigenvalue weighted by atomic mass is 28.4. The predicted molar refractivity (Wildman–Crippen MR) is 47.1 cm³/mol. The largest absolute Gasteiger partial charge is 0.297 e. The SMILES string of the molecule is CCCC(C)(C)[Si](C)(C)[O]. The van der Waals surface area contributed by atoms with Crippen LogP contribution in [0.3, 0.4) is 0 Å². The molecule has 0 bridgehead atoms. The van der Waals surface area contributed by atoms with E-state index < -0.39 is 8.32 Å². The summed E-state index contributed by atoms with van der Waals surface area (Å²) >= 11 is 0. The molecule has 2 heteroatoms. The third kappa shape index (κ3) is 2.43. The Morgan fingerprint density at radius 1 is 1.30 bits per heavy atom. The average molecular weight is 159 g/mol. The maximum absolute atomic E-state index is 11.7. The predicted octanol–water partition coefficient (Wildman–Crippen LogP) is 3.20. The van der Waals surface area contributed by atoms with Crippen LogP contribution in [0.2, 0.25) is 18.1 Å². The third-order valence-corrected chi connectivity index (χ3v) is 6.01. The Labute approximate surface area is 65.6 Å². The Morgan fingerprint density at radius 3 is 1.80 bits per heavy atom. The molecule has 0 aromatic rings. The van der Waals surface area contributed by atoms with E-state index in [0.717, 1.165) is 12.8 Å². The summed E-state index contributed by atoms with van der Waals surface area (Å²) in [6.45, 7) is 10.2. The topological polar surface area (TPSA) is 19.9 Å². The highest BCUT2D eigenvalue weighted by Crippen LogP contribution is 2.39. The molecule has 1 nitrogen and oxygen atoms in total. The van der Waals surface area contributed by atoms with Crippen LogP contribution in [0.4, 0.5) is 0 Å². The Bertz CT molecular complexity index is 102. The Kier molecular flexibility index (Phi) is 3.11. The first-order chi connectivity index (χ1) is 4.31. The number of hydrogen-bond donors (Lipinski definition) is 0. The van der Waals surface area contributed by atoms with Gasteiger partial charge in [0.1, 0.15) is 0 Å². The Balaban J connectivity index is 4.10. The molecule has 0 heterocycles. The van der Waals surface area contributed by atoms with Gasteiger partial charge in [-0.05, 0) is 24.6 Å². The Hall–Kier alpha value is 0.177. The summed E-state index contributed by atoms with van der Waals surface area (Å²) in [6.07, 6.45) is 2.21. The van der Waals surface area contributed by atoms with Gasteiger partial charge in [0.05, 0.1) is 0 Å². The first-order valence-electron chi connectivity index (χ1n) is 4.01. The molecule has 0 spiro atoms. The maximum atomic E-state index is 11.7. The van der Waals surface area contributed by atoms with Gasteiger partial charge < -0.3 is 0 Å². The molecule has 0 saturated carbocycles. The molecule has 0 atom stereocenters. The second-order valence-corrected chi connectivity index (χ2v) is 8.52. The lowest BCUT2D eigenvalue weighted by atomic mass is 10.1. The number of rotatable bonds is 3. The minimum absolute atomic E-state index is 0.0712. The van der Waals surface area contributed by atoms with Crippen molar-refractivity contribution >= 4 is 8.32 Å². The smallest absolute Gasteiger partial charge is 0.236 e. The molecule has 0 N–H and O–H groups in total. The van der Waals surface area contributed by atoms with Crippen molar-refractivity contribution in [2.75, 3.05) is 0 Å². The minimum Gasteiger partial charge on any atom is -0.297 e. The van der Waals surface area contributed by atoms with Gasteiger partial charge in [0, 0.05) is 0 Å². The van der Waals surface area contributed by atoms with E-state index in [1.165, 1.54) is 0 Å². The van der Waals surface area contributed by atoms with E-state index in [4.69, 9.17) is 0 Å². The summed E-state index contributed by atoms with van der Waals surface area (Å²) in [5.41, 5.74) is 0. The van der Waals surface area contributed by atoms with E-state index in [1.807, 2.05) is 13.1 Å². The van der Waals surface area contributed by atoms with Crippen LogP contribution >= 0.6 is 0 Å². The molecule has 0 aromatic carbocycles. The van der Waals surface area contributed by atoms with Crippen molar-refractivity contribution in [1.82, 2.24) is 0 Å². The van der Waals surface area contributed by atoms with Gasteiger partial charge in [-0.25, -0.2) is 0 Å². The summed E-state index contributed by atoms with van der Waals surface area (Å²) in [7, 11) is -2.16. The lowest BCUT2D eigenvalue weighted by Gasteiger charge is -2.32.